The van der Waals surface area contributed by atoms with Crippen LogP contribution in [0.1, 0.15) is 28.8 Å². The molecule has 0 aliphatic carbocycles. The van der Waals surface area contributed by atoms with Gasteiger partial charge in [0.05, 0.1) is 18.6 Å². The maximum Gasteiger partial charge on any atom is 0.373 e. The number of hydrogen-bond acceptors (Lipinski definition) is 9. The molecule has 0 saturated carbocycles. The molecule has 172 valence electrons. The number of imide groups is 1. The smallest absolute Gasteiger partial charge is 0.373 e. The van der Waals surface area contributed by atoms with E-state index in [1.807, 2.05) is 0 Å². The van der Waals surface area contributed by atoms with Crippen LogP contribution in [0.25, 0.3) is 6.08 Å². The van der Waals surface area contributed by atoms with Gasteiger partial charge in [0.25, 0.3) is 11.6 Å². The van der Waals surface area contributed by atoms with Gasteiger partial charge in [-0.25, -0.2) is 14.4 Å². The van der Waals surface area contributed by atoms with E-state index >= 15 is 0 Å². The highest BCUT2D eigenvalue weighted by atomic mass is 16.6. The number of methoxy groups -OCH3 is 1. The lowest BCUT2D eigenvalue weighted by atomic mass is 10.1. The number of nitrogens with zero attached hydrogens (tertiary/aromatic N) is 2. The van der Waals surface area contributed by atoms with E-state index in [0.29, 0.717) is 0 Å². The first-order valence-electron chi connectivity index (χ1n) is 9.30. The summed E-state index contributed by atoms with van der Waals surface area (Å²) < 4.78 is 15.1. The van der Waals surface area contributed by atoms with Crippen molar-refractivity contribution in [2.45, 2.75) is 19.6 Å². The van der Waals surface area contributed by atoms with E-state index in [1.165, 1.54) is 32.2 Å². The van der Waals surface area contributed by atoms with Crippen LogP contribution >= 0.6 is 0 Å². The van der Waals surface area contributed by atoms with Gasteiger partial charge in [0.15, 0.2) is 6.10 Å². The van der Waals surface area contributed by atoms with Crippen LogP contribution < -0.4 is 10.1 Å². The molecule has 1 aliphatic heterocycles. The number of nitro benzene ring substituents is 1. The van der Waals surface area contributed by atoms with Crippen molar-refractivity contribution in [2.75, 3.05) is 7.11 Å². The number of amides is 3. The first kappa shape index (κ1) is 23.0. The van der Waals surface area contributed by atoms with Crippen molar-refractivity contribution >= 4 is 35.6 Å². The number of carbonyl (C=O) groups excluding carboxylic acids is 3. The fourth-order valence-electron chi connectivity index (χ4n) is 2.81. The van der Waals surface area contributed by atoms with Crippen LogP contribution in [0.3, 0.4) is 0 Å². The quantitative estimate of drug-likeness (QED) is 0.195. The van der Waals surface area contributed by atoms with E-state index in [1.54, 1.807) is 0 Å². The van der Waals surface area contributed by atoms with Gasteiger partial charge < -0.3 is 24.3 Å². The Labute approximate surface area is 185 Å². The van der Waals surface area contributed by atoms with Gasteiger partial charge >= 0.3 is 18.0 Å². The van der Waals surface area contributed by atoms with Crippen molar-refractivity contribution in [3.8, 4) is 5.75 Å². The SMILES string of the molecule is COC(=O)c1ccc(CN2C(=O)N/C(=C\c3cc([N+](=O)[O-])ccc3O[C@@H](C)C(=O)O)C2=O)o1. The molecule has 0 spiro atoms. The maximum atomic E-state index is 12.8. The number of urea groups is 1. The number of carbonyl (C=O) groups is 4. The van der Waals surface area contributed by atoms with Crippen LogP contribution in [0, 0.1) is 10.1 Å². The lowest BCUT2D eigenvalue weighted by Gasteiger charge is -2.13. The number of rotatable bonds is 8. The first-order chi connectivity index (χ1) is 15.6. The van der Waals surface area contributed by atoms with Crippen LogP contribution in [-0.2, 0) is 20.9 Å². The minimum atomic E-state index is -1.28. The molecule has 1 fully saturated rings. The highest BCUT2D eigenvalue weighted by Crippen LogP contribution is 2.28. The topological polar surface area (TPSA) is 179 Å². The van der Waals surface area contributed by atoms with Crippen molar-refractivity contribution in [1.29, 1.82) is 0 Å². The van der Waals surface area contributed by atoms with E-state index < -0.39 is 34.9 Å². The molecule has 33 heavy (non-hydrogen) atoms. The Morgan fingerprint density at radius 1 is 1.30 bits per heavy atom. The summed E-state index contributed by atoms with van der Waals surface area (Å²) in [5.74, 6) is -2.80. The monoisotopic (exact) mass is 459 g/mol. The van der Waals surface area contributed by atoms with Crippen molar-refractivity contribution in [2.24, 2.45) is 0 Å². The Hall–Kier alpha value is -4.68. The number of aliphatic carboxylic acids is 1. The Kier molecular flexibility index (Phi) is 6.42. The minimum Gasteiger partial charge on any atom is -0.479 e. The molecule has 2 aromatic rings. The number of nitrogens with one attached hydrogen (secondary N) is 1. The number of benzene rings is 1. The van der Waals surface area contributed by atoms with Crippen LogP contribution in [0.15, 0.2) is 40.4 Å². The molecule has 0 bridgehead atoms. The van der Waals surface area contributed by atoms with Crippen LogP contribution in [0.5, 0.6) is 5.75 Å². The second-order valence-electron chi connectivity index (χ2n) is 6.71. The lowest BCUT2D eigenvalue weighted by molar-refractivity contribution is -0.384. The van der Waals surface area contributed by atoms with E-state index in [4.69, 9.17) is 14.3 Å². The Morgan fingerprint density at radius 3 is 2.67 bits per heavy atom. The van der Waals surface area contributed by atoms with Gasteiger partial charge in [-0.15, -0.1) is 0 Å². The highest BCUT2D eigenvalue weighted by Gasteiger charge is 2.35. The highest BCUT2D eigenvalue weighted by molar-refractivity contribution is 6.14. The number of hydrogen-bond donors (Lipinski definition) is 2. The zero-order valence-corrected chi connectivity index (χ0v) is 17.3. The third-order valence-electron chi connectivity index (χ3n) is 4.48. The molecular formula is C20H17N3O10. The van der Waals surface area contributed by atoms with Gasteiger partial charge in [-0.1, -0.05) is 0 Å². The predicted octanol–water partition coefficient (Wildman–Crippen LogP) is 1.92. The van der Waals surface area contributed by atoms with Crippen molar-refractivity contribution < 1.29 is 43.1 Å². The summed E-state index contributed by atoms with van der Waals surface area (Å²) in [6.45, 7) is 0.962. The first-order valence-corrected chi connectivity index (χ1v) is 9.30. The van der Waals surface area contributed by atoms with E-state index in [0.717, 1.165) is 23.1 Å². The fraction of sp³-hybridized carbons (Fsp3) is 0.200. The van der Waals surface area contributed by atoms with Gasteiger partial charge in [-0.05, 0) is 31.2 Å². The van der Waals surface area contributed by atoms with Gasteiger partial charge in [0.1, 0.15) is 17.2 Å². The molecular weight excluding hydrogens is 442 g/mol. The summed E-state index contributed by atoms with van der Waals surface area (Å²) in [5, 5.41) is 22.5. The van der Waals surface area contributed by atoms with E-state index in [2.05, 4.69) is 10.1 Å². The summed E-state index contributed by atoms with van der Waals surface area (Å²) in [7, 11) is 1.17. The number of ether oxygens (including phenoxy) is 2. The Bertz CT molecular complexity index is 1180. The fourth-order valence-corrected chi connectivity index (χ4v) is 2.81. The van der Waals surface area contributed by atoms with Crippen LogP contribution in [0.2, 0.25) is 0 Å². The summed E-state index contributed by atoms with van der Waals surface area (Å²) in [6, 6.07) is 5.31. The molecule has 0 radical (unpaired) electrons. The van der Waals surface area contributed by atoms with Gasteiger partial charge in [0, 0.05) is 17.7 Å². The number of nitro groups is 1. The van der Waals surface area contributed by atoms with Gasteiger partial charge in [-0.2, -0.15) is 0 Å². The molecule has 3 amide bonds. The summed E-state index contributed by atoms with van der Waals surface area (Å²) in [5.41, 5.74) is -0.557. The Balaban J connectivity index is 1.89. The average molecular weight is 459 g/mol. The summed E-state index contributed by atoms with van der Waals surface area (Å²) >= 11 is 0. The zero-order valence-electron chi connectivity index (χ0n) is 17.3. The maximum absolute atomic E-state index is 12.8. The van der Waals surface area contributed by atoms with Crippen LogP contribution in [0.4, 0.5) is 10.5 Å². The summed E-state index contributed by atoms with van der Waals surface area (Å²) in [6.07, 6.45) is -0.143. The number of carboxylic acid groups (broad SMARTS) is 1. The van der Waals surface area contributed by atoms with Crippen molar-refractivity contribution in [1.82, 2.24) is 10.2 Å². The molecule has 13 heteroatoms. The molecule has 1 aliphatic rings. The molecule has 2 N–H and O–H groups in total. The van der Waals surface area contributed by atoms with Gasteiger partial charge in [-0.3, -0.25) is 19.8 Å². The molecule has 1 aromatic carbocycles. The molecule has 0 unspecified atom stereocenters. The summed E-state index contributed by atoms with van der Waals surface area (Å²) in [4.78, 5) is 58.9. The molecule has 1 saturated heterocycles. The van der Waals surface area contributed by atoms with Gasteiger partial charge in [0.2, 0.25) is 5.76 Å². The third kappa shape index (κ3) is 4.98. The predicted molar refractivity (Wildman–Crippen MR) is 108 cm³/mol. The molecule has 13 nitrogen and oxygen atoms in total. The lowest BCUT2D eigenvalue weighted by Crippen LogP contribution is -2.30. The molecule has 2 heterocycles. The zero-order chi connectivity index (χ0) is 24.3. The number of esters is 1. The van der Waals surface area contributed by atoms with Crippen molar-refractivity contribution in [3.05, 3.63) is 63.2 Å². The second kappa shape index (κ2) is 9.21. The Morgan fingerprint density at radius 2 is 2.03 bits per heavy atom. The largest absolute Gasteiger partial charge is 0.479 e. The molecule has 1 aromatic heterocycles. The standard InChI is InChI=1S/C20H17N3O10/c1-10(18(25)26)32-15-5-3-12(23(29)30)7-11(15)8-14-17(24)22(20(28)21-14)9-13-4-6-16(33-13)19(27)31-2/h3-8,10H,9H2,1-2H3,(H,21,28)(H,25,26)/b14-8-/t10-/m0/s1. The normalized spacial score (nSPS) is 15.3. The van der Waals surface area contributed by atoms with E-state index in [9.17, 15) is 29.3 Å². The average Bonchev–Trinajstić information content (AvgIpc) is 3.34. The number of furan rings is 1. The van der Waals surface area contributed by atoms with Crippen LogP contribution in [-0.4, -0.2) is 52.0 Å². The number of carboxylic acids is 1. The molecule has 1 atom stereocenters. The van der Waals surface area contributed by atoms with E-state index in [-0.39, 0.29) is 40.8 Å². The van der Waals surface area contributed by atoms with Crippen molar-refractivity contribution in [3.63, 3.8) is 0 Å². The minimum absolute atomic E-state index is 0.00813. The second-order valence-corrected chi connectivity index (χ2v) is 6.71. The number of non-ortho nitro benzene ring substituents is 1. The molecule has 3 rings (SSSR count). The third-order valence-corrected chi connectivity index (χ3v) is 4.48.